The number of hydrogen-bond acceptors (Lipinski definition) is 3. The molecule has 1 heterocycles. The minimum absolute atomic E-state index is 0.0703. The van der Waals surface area contributed by atoms with Crippen LogP contribution in [0.2, 0.25) is 0 Å². The number of nitrogens with two attached hydrogens (primary N) is 1. The van der Waals surface area contributed by atoms with Crippen LogP contribution in [0.1, 0.15) is 31.9 Å². The first-order valence-corrected chi connectivity index (χ1v) is 5.74. The number of rotatable bonds is 7. The normalized spacial score (nSPS) is 12.4. The summed E-state index contributed by atoms with van der Waals surface area (Å²) in [4.78, 5) is 11.5. The lowest BCUT2D eigenvalue weighted by atomic mass is 10.1. The van der Waals surface area contributed by atoms with Gasteiger partial charge in [-0.2, -0.15) is 0 Å². The van der Waals surface area contributed by atoms with E-state index in [1.165, 1.54) is 0 Å². The number of carbonyl (C=O) groups is 1. The van der Waals surface area contributed by atoms with Crippen LogP contribution in [0.3, 0.4) is 0 Å². The molecule has 1 amide bonds. The smallest absolute Gasteiger partial charge is 0.220 e. The molecule has 1 atom stereocenters. The third kappa shape index (κ3) is 4.98. The van der Waals surface area contributed by atoms with Gasteiger partial charge in [0.05, 0.1) is 6.26 Å². The first-order chi connectivity index (χ1) is 7.72. The molecule has 4 nitrogen and oxygen atoms in total. The fourth-order valence-electron chi connectivity index (χ4n) is 1.53. The average molecular weight is 224 g/mol. The molecule has 0 radical (unpaired) electrons. The van der Waals surface area contributed by atoms with Gasteiger partial charge in [0.1, 0.15) is 5.76 Å². The maximum atomic E-state index is 11.5. The molecule has 90 valence electrons. The Kier molecular flexibility index (Phi) is 5.64. The number of furan rings is 1. The summed E-state index contributed by atoms with van der Waals surface area (Å²) in [6.45, 7) is 2.67. The third-order valence-electron chi connectivity index (χ3n) is 2.43. The lowest BCUT2D eigenvalue weighted by Gasteiger charge is -2.12. The molecule has 0 saturated heterocycles. The standard InChI is InChI=1S/C12H20N2O2/c1-10(4-2-8-13)14-12(15)7-6-11-5-3-9-16-11/h3,5,9-10H,2,4,6-8,13H2,1H3,(H,14,15). The van der Waals surface area contributed by atoms with Crippen molar-refractivity contribution in [3.8, 4) is 0 Å². The van der Waals surface area contributed by atoms with Crippen molar-refractivity contribution in [1.82, 2.24) is 5.32 Å². The molecule has 16 heavy (non-hydrogen) atoms. The summed E-state index contributed by atoms with van der Waals surface area (Å²) in [5.74, 6) is 0.922. The first kappa shape index (κ1) is 12.8. The Labute approximate surface area is 96.2 Å². The largest absolute Gasteiger partial charge is 0.469 e. The van der Waals surface area contributed by atoms with Gasteiger partial charge in [-0.15, -0.1) is 0 Å². The van der Waals surface area contributed by atoms with E-state index in [2.05, 4.69) is 5.32 Å². The predicted octanol–water partition coefficient (Wildman–Crippen LogP) is 1.46. The maximum absolute atomic E-state index is 11.5. The molecule has 1 aromatic heterocycles. The van der Waals surface area contributed by atoms with Crippen molar-refractivity contribution >= 4 is 5.91 Å². The molecule has 1 rings (SSSR count). The highest BCUT2D eigenvalue weighted by Gasteiger charge is 2.07. The fourth-order valence-corrected chi connectivity index (χ4v) is 1.53. The Bertz CT molecular complexity index is 296. The van der Waals surface area contributed by atoms with Crippen molar-refractivity contribution in [1.29, 1.82) is 0 Å². The Morgan fingerprint density at radius 2 is 2.44 bits per heavy atom. The summed E-state index contributed by atoms with van der Waals surface area (Å²) < 4.78 is 5.16. The van der Waals surface area contributed by atoms with Crippen LogP contribution < -0.4 is 11.1 Å². The van der Waals surface area contributed by atoms with E-state index in [1.807, 2.05) is 19.1 Å². The molecule has 0 fully saturated rings. The van der Waals surface area contributed by atoms with Crippen LogP contribution in [-0.4, -0.2) is 18.5 Å². The van der Waals surface area contributed by atoms with E-state index in [0.29, 0.717) is 19.4 Å². The zero-order valence-electron chi connectivity index (χ0n) is 9.74. The molecule has 0 saturated carbocycles. The summed E-state index contributed by atoms with van der Waals surface area (Å²) in [6.07, 6.45) is 4.63. The Hall–Kier alpha value is -1.29. The second-order valence-electron chi connectivity index (χ2n) is 3.98. The summed E-state index contributed by atoms with van der Waals surface area (Å²) in [5, 5.41) is 2.94. The lowest BCUT2D eigenvalue weighted by Crippen LogP contribution is -2.33. The van der Waals surface area contributed by atoms with Crippen LogP contribution in [0.15, 0.2) is 22.8 Å². The summed E-state index contributed by atoms with van der Waals surface area (Å²) in [7, 11) is 0. The van der Waals surface area contributed by atoms with Crippen molar-refractivity contribution in [3.05, 3.63) is 24.2 Å². The predicted molar refractivity (Wildman–Crippen MR) is 62.9 cm³/mol. The van der Waals surface area contributed by atoms with Crippen molar-refractivity contribution in [2.24, 2.45) is 5.73 Å². The van der Waals surface area contributed by atoms with Gasteiger partial charge in [-0.1, -0.05) is 0 Å². The number of aryl methyl sites for hydroxylation is 1. The number of carbonyl (C=O) groups excluding carboxylic acids is 1. The van der Waals surface area contributed by atoms with Crippen molar-refractivity contribution in [2.45, 2.75) is 38.6 Å². The SMILES string of the molecule is CC(CCCN)NC(=O)CCc1ccco1. The molecular weight excluding hydrogens is 204 g/mol. The Morgan fingerprint density at radius 1 is 1.62 bits per heavy atom. The highest BCUT2D eigenvalue weighted by atomic mass is 16.3. The molecule has 0 aliphatic carbocycles. The van der Waals surface area contributed by atoms with Gasteiger partial charge in [0.15, 0.2) is 0 Å². The van der Waals surface area contributed by atoms with Gasteiger partial charge in [-0.3, -0.25) is 4.79 Å². The molecule has 0 aliphatic rings. The van der Waals surface area contributed by atoms with E-state index in [0.717, 1.165) is 18.6 Å². The van der Waals surface area contributed by atoms with Crippen molar-refractivity contribution in [3.63, 3.8) is 0 Å². The minimum Gasteiger partial charge on any atom is -0.469 e. The molecule has 0 bridgehead atoms. The van der Waals surface area contributed by atoms with Gasteiger partial charge in [-0.05, 0) is 38.4 Å². The molecule has 3 N–H and O–H groups in total. The molecule has 1 aromatic rings. The number of nitrogens with one attached hydrogen (secondary N) is 1. The van der Waals surface area contributed by atoms with Gasteiger partial charge in [0.2, 0.25) is 5.91 Å². The second-order valence-corrected chi connectivity index (χ2v) is 3.98. The van der Waals surface area contributed by atoms with Crippen LogP contribution in [0.4, 0.5) is 0 Å². The van der Waals surface area contributed by atoms with Crippen LogP contribution in [0.25, 0.3) is 0 Å². The zero-order valence-corrected chi connectivity index (χ0v) is 9.74. The van der Waals surface area contributed by atoms with Gasteiger partial charge in [0.25, 0.3) is 0 Å². The highest BCUT2D eigenvalue weighted by Crippen LogP contribution is 2.04. The van der Waals surface area contributed by atoms with Crippen LogP contribution >= 0.6 is 0 Å². The number of amides is 1. The van der Waals surface area contributed by atoms with Crippen LogP contribution in [0, 0.1) is 0 Å². The highest BCUT2D eigenvalue weighted by molar-refractivity contribution is 5.76. The molecular formula is C12H20N2O2. The third-order valence-corrected chi connectivity index (χ3v) is 2.43. The van der Waals surface area contributed by atoms with Crippen LogP contribution in [0.5, 0.6) is 0 Å². The monoisotopic (exact) mass is 224 g/mol. The Balaban J connectivity index is 2.15. The molecule has 1 unspecified atom stereocenters. The Morgan fingerprint density at radius 3 is 3.06 bits per heavy atom. The summed E-state index contributed by atoms with van der Waals surface area (Å²) in [6, 6.07) is 3.91. The quantitative estimate of drug-likeness (QED) is 0.736. The van der Waals surface area contributed by atoms with E-state index >= 15 is 0 Å². The van der Waals surface area contributed by atoms with E-state index in [-0.39, 0.29) is 11.9 Å². The van der Waals surface area contributed by atoms with Gasteiger partial charge in [0, 0.05) is 18.9 Å². The van der Waals surface area contributed by atoms with Gasteiger partial charge in [-0.25, -0.2) is 0 Å². The van der Waals surface area contributed by atoms with Crippen molar-refractivity contribution < 1.29 is 9.21 Å². The van der Waals surface area contributed by atoms with Crippen LogP contribution in [-0.2, 0) is 11.2 Å². The van der Waals surface area contributed by atoms with E-state index in [4.69, 9.17) is 10.2 Å². The molecule has 0 spiro atoms. The fraction of sp³-hybridized carbons (Fsp3) is 0.583. The average Bonchev–Trinajstić information content (AvgIpc) is 2.76. The van der Waals surface area contributed by atoms with Gasteiger partial charge >= 0.3 is 0 Å². The molecule has 4 heteroatoms. The topological polar surface area (TPSA) is 68.3 Å². The molecule has 0 aromatic carbocycles. The number of hydrogen-bond donors (Lipinski definition) is 2. The maximum Gasteiger partial charge on any atom is 0.220 e. The molecule has 0 aliphatic heterocycles. The zero-order chi connectivity index (χ0) is 11.8. The second kappa shape index (κ2) is 7.06. The lowest BCUT2D eigenvalue weighted by molar-refractivity contribution is -0.121. The summed E-state index contributed by atoms with van der Waals surface area (Å²) in [5.41, 5.74) is 5.41. The van der Waals surface area contributed by atoms with Gasteiger partial charge < -0.3 is 15.5 Å². The minimum atomic E-state index is 0.0703. The van der Waals surface area contributed by atoms with E-state index < -0.39 is 0 Å². The summed E-state index contributed by atoms with van der Waals surface area (Å²) >= 11 is 0. The first-order valence-electron chi connectivity index (χ1n) is 5.74. The van der Waals surface area contributed by atoms with Crippen molar-refractivity contribution in [2.75, 3.05) is 6.54 Å². The van der Waals surface area contributed by atoms with E-state index in [9.17, 15) is 4.79 Å². The van der Waals surface area contributed by atoms with E-state index in [1.54, 1.807) is 6.26 Å².